The Hall–Kier alpha value is -3.65. The van der Waals surface area contributed by atoms with Gasteiger partial charge in [0.25, 0.3) is 0 Å². The lowest BCUT2D eigenvalue weighted by atomic mass is 9.99. The van der Waals surface area contributed by atoms with Gasteiger partial charge in [0.1, 0.15) is 23.7 Å². The van der Waals surface area contributed by atoms with Crippen molar-refractivity contribution in [3.05, 3.63) is 70.4 Å². The number of aromatic nitrogens is 3. The highest BCUT2D eigenvalue weighted by molar-refractivity contribution is 6.35. The minimum absolute atomic E-state index is 0.303. The van der Waals surface area contributed by atoms with E-state index in [1.807, 2.05) is 25.1 Å². The molecule has 7 nitrogen and oxygen atoms in total. The first-order chi connectivity index (χ1) is 16.3. The molecule has 0 saturated heterocycles. The monoisotopic (exact) mass is 482 g/mol. The van der Waals surface area contributed by atoms with E-state index in [1.54, 1.807) is 26.2 Å². The van der Waals surface area contributed by atoms with Crippen LogP contribution in [-0.4, -0.2) is 39.3 Å². The van der Waals surface area contributed by atoms with Crippen molar-refractivity contribution in [1.82, 2.24) is 14.5 Å². The molecule has 34 heavy (non-hydrogen) atoms. The van der Waals surface area contributed by atoms with Crippen molar-refractivity contribution in [3.8, 4) is 17.0 Å². The van der Waals surface area contributed by atoms with E-state index in [0.717, 1.165) is 22.3 Å². The molecule has 2 aromatic carbocycles. The average molecular weight is 483 g/mol. The molecule has 9 heteroatoms. The Bertz CT molecular complexity index is 1390. The maximum atomic E-state index is 14.5. The number of benzene rings is 2. The largest absolute Gasteiger partial charge is 0.496 e. The number of halogens is 2. The standard InChI is InChI=1S/C25H24ClFN4O3/c1-4-15-10-16(11-19(27)23(15)25(32)33)20-12-22(30-13-29-20)28-7-8-31-14(2)9-17-21(34-3)6-5-18(26)24(17)31/h5-6,9-13H,4,7-8H2,1-3H3,(H,32,33)(H,28,29,30). The normalized spacial score (nSPS) is 11.1. The summed E-state index contributed by atoms with van der Waals surface area (Å²) in [7, 11) is 1.63. The number of carboxylic acids is 1. The van der Waals surface area contributed by atoms with Crippen LogP contribution in [0.4, 0.5) is 10.2 Å². The van der Waals surface area contributed by atoms with E-state index in [0.29, 0.717) is 47.2 Å². The Morgan fingerprint density at radius 1 is 1.24 bits per heavy atom. The minimum Gasteiger partial charge on any atom is -0.496 e. The fourth-order valence-electron chi connectivity index (χ4n) is 4.14. The van der Waals surface area contributed by atoms with Gasteiger partial charge >= 0.3 is 5.97 Å². The highest BCUT2D eigenvalue weighted by Gasteiger charge is 2.18. The molecule has 0 spiro atoms. The molecule has 0 aliphatic carbocycles. The number of hydrogen-bond acceptors (Lipinski definition) is 5. The third-order valence-corrected chi connectivity index (χ3v) is 6.07. The summed E-state index contributed by atoms with van der Waals surface area (Å²) in [6, 6.07) is 10.3. The van der Waals surface area contributed by atoms with Gasteiger partial charge in [-0.15, -0.1) is 0 Å². The summed E-state index contributed by atoms with van der Waals surface area (Å²) in [5, 5.41) is 14.2. The number of carbonyl (C=O) groups is 1. The molecule has 0 aliphatic heterocycles. The van der Waals surface area contributed by atoms with Gasteiger partial charge in [-0.25, -0.2) is 19.2 Å². The zero-order valence-corrected chi connectivity index (χ0v) is 19.8. The molecular formula is C25H24ClFN4O3. The van der Waals surface area contributed by atoms with Gasteiger partial charge in [0.05, 0.1) is 28.9 Å². The molecule has 176 valence electrons. The summed E-state index contributed by atoms with van der Waals surface area (Å²) >= 11 is 6.47. The molecule has 0 saturated carbocycles. The van der Waals surface area contributed by atoms with Crippen molar-refractivity contribution in [3.63, 3.8) is 0 Å². The molecule has 2 heterocycles. The first-order valence-electron chi connectivity index (χ1n) is 10.8. The second-order valence-corrected chi connectivity index (χ2v) is 8.22. The summed E-state index contributed by atoms with van der Waals surface area (Å²) in [4.78, 5) is 19.9. The summed E-state index contributed by atoms with van der Waals surface area (Å²) in [6.07, 6.45) is 1.78. The maximum Gasteiger partial charge on any atom is 0.338 e. The summed E-state index contributed by atoms with van der Waals surface area (Å²) in [5.74, 6) is -0.723. The van der Waals surface area contributed by atoms with Crippen LogP contribution in [0.25, 0.3) is 22.2 Å². The number of hydrogen-bond donors (Lipinski definition) is 2. The van der Waals surface area contributed by atoms with Crippen LogP contribution >= 0.6 is 11.6 Å². The fourth-order valence-corrected chi connectivity index (χ4v) is 4.41. The molecule has 0 amide bonds. The van der Waals surface area contributed by atoms with Gasteiger partial charge in [0.2, 0.25) is 0 Å². The van der Waals surface area contributed by atoms with E-state index in [1.165, 1.54) is 12.4 Å². The molecule has 0 unspecified atom stereocenters. The van der Waals surface area contributed by atoms with Crippen LogP contribution in [0.3, 0.4) is 0 Å². The molecule has 0 aliphatic rings. The first-order valence-corrected chi connectivity index (χ1v) is 11.2. The SMILES string of the molecule is CCc1cc(-c2cc(NCCn3c(C)cc4c(OC)ccc(Cl)c43)ncn2)cc(F)c1C(=O)O. The number of aromatic carboxylic acids is 1. The van der Waals surface area contributed by atoms with Gasteiger partial charge in [-0.1, -0.05) is 18.5 Å². The van der Waals surface area contributed by atoms with Gasteiger partial charge in [-0.3, -0.25) is 0 Å². The number of nitrogens with zero attached hydrogens (tertiary/aromatic N) is 3. The van der Waals surface area contributed by atoms with Crippen LogP contribution in [0, 0.1) is 12.7 Å². The number of methoxy groups -OCH3 is 1. The molecule has 0 atom stereocenters. The van der Waals surface area contributed by atoms with E-state index in [2.05, 4.69) is 19.9 Å². The lowest BCUT2D eigenvalue weighted by Gasteiger charge is -2.12. The molecule has 2 aromatic heterocycles. The van der Waals surface area contributed by atoms with Crippen molar-refractivity contribution in [1.29, 1.82) is 0 Å². The highest BCUT2D eigenvalue weighted by Crippen LogP contribution is 2.34. The van der Waals surface area contributed by atoms with Gasteiger partial charge in [-0.2, -0.15) is 0 Å². The van der Waals surface area contributed by atoms with E-state index in [9.17, 15) is 14.3 Å². The molecule has 2 N–H and O–H groups in total. The zero-order valence-electron chi connectivity index (χ0n) is 19.0. The number of nitrogens with one attached hydrogen (secondary N) is 1. The number of aryl methyl sites for hydroxylation is 2. The highest BCUT2D eigenvalue weighted by atomic mass is 35.5. The zero-order chi connectivity index (χ0) is 24.4. The van der Waals surface area contributed by atoms with Gasteiger partial charge in [0, 0.05) is 35.8 Å². The third kappa shape index (κ3) is 4.41. The Kier molecular flexibility index (Phi) is 6.70. The second kappa shape index (κ2) is 9.69. The second-order valence-electron chi connectivity index (χ2n) is 7.82. The van der Waals surface area contributed by atoms with Crippen LogP contribution in [0.5, 0.6) is 5.75 Å². The van der Waals surface area contributed by atoms with Crippen LogP contribution in [0.2, 0.25) is 5.02 Å². The van der Waals surface area contributed by atoms with Crippen LogP contribution in [-0.2, 0) is 13.0 Å². The predicted molar refractivity (Wildman–Crippen MR) is 130 cm³/mol. The van der Waals surface area contributed by atoms with Gasteiger partial charge < -0.3 is 19.7 Å². The Morgan fingerprint density at radius 3 is 2.74 bits per heavy atom. The van der Waals surface area contributed by atoms with Crippen molar-refractivity contribution >= 4 is 34.3 Å². The lowest BCUT2D eigenvalue weighted by molar-refractivity contribution is 0.0690. The molecular weight excluding hydrogens is 459 g/mol. The Balaban J connectivity index is 1.56. The topological polar surface area (TPSA) is 89.3 Å². The average Bonchev–Trinajstić information content (AvgIpc) is 3.15. The number of anilines is 1. The van der Waals surface area contributed by atoms with E-state index in [4.69, 9.17) is 16.3 Å². The number of fused-ring (bicyclic) bond motifs is 1. The number of ether oxygens (including phenoxy) is 1. The van der Waals surface area contributed by atoms with E-state index in [-0.39, 0.29) is 5.56 Å². The molecule has 0 bridgehead atoms. The van der Waals surface area contributed by atoms with Crippen molar-refractivity contribution in [2.75, 3.05) is 19.0 Å². The van der Waals surface area contributed by atoms with Gasteiger partial charge in [-0.05, 0) is 49.2 Å². The van der Waals surface area contributed by atoms with Gasteiger partial charge in [0.15, 0.2) is 0 Å². The van der Waals surface area contributed by atoms with Crippen molar-refractivity contribution in [2.45, 2.75) is 26.8 Å². The fraction of sp³-hybridized carbons (Fsp3) is 0.240. The van der Waals surface area contributed by atoms with Crippen LogP contribution < -0.4 is 10.1 Å². The van der Waals surface area contributed by atoms with Crippen molar-refractivity contribution < 1.29 is 19.0 Å². The number of rotatable bonds is 8. The Labute approximate surface area is 201 Å². The Morgan fingerprint density at radius 2 is 2.03 bits per heavy atom. The third-order valence-electron chi connectivity index (χ3n) is 5.77. The molecule has 4 rings (SSSR count). The van der Waals surface area contributed by atoms with Crippen LogP contribution in [0.1, 0.15) is 28.5 Å². The van der Waals surface area contributed by atoms with E-state index >= 15 is 0 Å². The quantitative estimate of drug-likeness (QED) is 0.341. The molecule has 0 fully saturated rings. The summed E-state index contributed by atoms with van der Waals surface area (Å²) in [6.45, 7) is 4.98. The maximum absolute atomic E-state index is 14.5. The summed E-state index contributed by atoms with van der Waals surface area (Å²) in [5.41, 5.74) is 3.06. The van der Waals surface area contributed by atoms with E-state index < -0.39 is 11.8 Å². The molecule has 4 aromatic rings. The lowest BCUT2D eigenvalue weighted by Crippen LogP contribution is -2.12. The smallest absolute Gasteiger partial charge is 0.338 e. The van der Waals surface area contributed by atoms with Crippen LogP contribution in [0.15, 0.2) is 42.7 Å². The predicted octanol–water partition coefficient (Wildman–Crippen LogP) is 5.58. The summed E-state index contributed by atoms with van der Waals surface area (Å²) < 4.78 is 22.1. The van der Waals surface area contributed by atoms with Crippen molar-refractivity contribution in [2.24, 2.45) is 0 Å². The minimum atomic E-state index is -1.28. The number of carboxylic acid groups (broad SMARTS) is 1. The molecule has 0 radical (unpaired) electrons. The first kappa shape index (κ1) is 23.5.